The number of phenolic OH excluding ortho intramolecular Hbond substituents is 1. The lowest BCUT2D eigenvalue weighted by molar-refractivity contribution is 0.464. The number of allylic oxidation sites excluding steroid dienone is 1. The summed E-state index contributed by atoms with van der Waals surface area (Å²) in [6.45, 7) is 6.51. The maximum absolute atomic E-state index is 9.86. The summed E-state index contributed by atoms with van der Waals surface area (Å²) >= 11 is 0. The number of unbranched alkanes of at least 4 members (excludes halogenated alkanes) is 1. The third-order valence-electron chi connectivity index (χ3n) is 2.85. The summed E-state index contributed by atoms with van der Waals surface area (Å²) in [5.74, 6) is 0.271. The molecule has 0 aliphatic carbocycles. The Kier molecular flexibility index (Phi) is 5.04. The molecule has 0 aliphatic heterocycles. The van der Waals surface area contributed by atoms with Crippen LogP contribution in [-0.4, -0.2) is 18.7 Å². The van der Waals surface area contributed by atoms with E-state index in [0.717, 1.165) is 30.6 Å². The molecule has 0 bridgehead atoms. The van der Waals surface area contributed by atoms with Gasteiger partial charge in [-0.2, -0.15) is 0 Å². The second-order valence-electron chi connectivity index (χ2n) is 4.38. The van der Waals surface area contributed by atoms with E-state index in [4.69, 9.17) is 5.73 Å². The summed E-state index contributed by atoms with van der Waals surface area (Å²) in [6.07, 6.45) is 3.99. The Labute approximate surface area is 104 Å². The van der Waals surface area contributed by atoms with Crippen molar-refractivity contribution in [2.45, 2.75) is 25.8 Å². The second kappa shape index (κ2) is 6.30. The minimum atomic E-state index is -0.143. The maximum Gasteiger partial charge on any atom is 0.122 e. The van der Waals surface area contributed by atoms with Crippen LogP contribution in [0.1, 0.15) is 31.4 Å². The second-order valence-corrected chi connectivity index (χ2v) is 4.38. The molecule has 0 fully saturated rings. The number of aromatic hydroxyl groups is 1. The maximum atomic E-state index is 9.86. The highest BCUT2D eigenvalue weighted by Crippen LogP contribution is 2.27. The molecule has 0 aromatic heterocycles. The summed E-state index contributed by atoms with van der Waals surface area (Å²) in [7, 11) is 2.02. The summed E-state index contributed by atoms with van der Waals surface area (Å²) in [5.41, 5.74) is 7.55. The molecule has 1 rings (SSSR count). The smallest absolute Gasteiger partial charge is 0.122 e. The molecule has 3 heteroatoms. The van der Waals surface area contributed by atoms with E-state index in [1.807, 2.05) is 32.2 Å². The molecule has 3 nitrogen and oxygen atoms in total. The van der Waals surface area contributed by atoms with Gasteiger partial charge in [-0.25, -0.2) is 0 Å². The zero-order valence-corrected chi connectivity index (χ0v) is 10.7. The minimum Gasteiger partial charge on any atom is -0.508 e. The summed E-state index contributed by atoms with van der Waals surface area (Å²) in [5, 5.41) is 9.86. The predicted octanol–water partition coefficient (Wildman–Crippen LogP) is 2.81. The first-order chi connectivity index (χ1) is 8.06. The lowest BCUT2D eigenvalue weighted by Crippen LogP contribution is -2.18. The molecule has 0 aliphatic rings. The van der Waals surface area contributed by atoms with Crippen molar-refractivity contribution in [3.05, 3.63) is 36.4 Å². The van der Waals surface area contributed by atoms with Gasteiger partial charge in [0.15, 0.2) is 0 Å². The van der Waals surface area contributed by atoms with Crippen molar-refractivity contribution in [3.63, 3.8) is 0 Å². The first-order valence-electron chi connectivity index (χ1n) is 5.96. The van der Waals surface area contributed by atoms with Gasteiger partial charge in [-0.3, -0.25) is 0 Å². The zero-order valence-electron chi connectivity index (χ0n) is 10.7. The number of hydrogen-bond donors (Lipinski definition) is 2. The van der Waals surface area contributed by atoms with Crippen LogP contribution in [-0.2, 0) is 0 Å². The van der Waals surface area contributed by atoms with Gasteiger partial charge in [0.1, 0.15) is 5.75 Å². The normalized spacial score (nSPS) is 12.2. The standard InChI is InChI=1S/C14H22N2O/c1-4-5-6-9-16(3)12-7-8-13(11(2)15)14(17)10-12/h4,7-8,10-11,17H,1,5-6,9,15H2,2-3H3. The monoisotopic (exact) mass is 234 g/mol. The summed E-state index contributed by atoms with van der Waals surface area (Å²) in [4.78, 5) is 2.12. The van der Waals surface area contributed by atoms with Gasteiger partial charge in [-0.05, 0) is 25.8 Å². The Morgan fingerprint density at radius 3 is 2.76 bits per heavy atom. The number of nitrogens with zero attached hydrogens (tertiary/aromatic N) is 1. The Hall–Kier alpha value is -1.48. The van der Waals surface area contributed by atoms with Crippen LogP contribution in [0.5, 0.6) is 5.75 Å². The predicted molar refractivity (Wildman–Crippen MR) is 73.4 cm³/mol. The molecular weight excluding hydrogens is 212 g/mol. The van der Waals surface area contributed by atoms with Gasteiger partial charge in [0, 0.05) is 37.0 Å². The van der Waals surface area contributed by atoms with Gasteiger partial charge < -0.3 is 15.7 Å². The number of anilines is 1. The Bertz CT molecular complexity index is 374. The summed E-state index contributed by atoms with van der Waals surface area (Å²) in [6, 6.07) is 5.51. The molecule has 0 saturated heterocycles. The molecule has 0 amide bonds. The van der Waals surface area contributed by atoms with Crippen molar-refractivity contribution in [2.24, 2.45) is 5.73 Å². The Balaban J connectivity index is 2.72. The van der Waals surface area contributed by atoms with Crippen molar-refractivity contribution >= 4 is 5.69 Å². The molecule has 0 heterocycles. The van der Waals surface area contributed by atoms with Gasteiger partial charge in [0.05, 0.1) is 0 Å². The van der Waals surface area contributed by atoms with Crippen molar-refractivity contribution in [1.82, 2.24) is 0 Å². The fourth-order valence-corrected chi connectivity index (χ4v) is 1.76. The molecule has 1 aromatic rings. The van der Waals surface area contributed by atoms with Crippen LogP contribution in [0.4, 0.5) is 5.69 Å². The largest absolute Gasteiger partial charge is 0.508 e. The zero-order chi connectivity index (χ0) is 12.8. The lowest BCUT2D eigenvalue weighted by Gasteiger charge is -2.20. The third-order valence-corrected chi connectivity index (χ3v) is 2.85. The average Bonchev–Trinajstić information content (AvgIpc) is 2.28. The summed E-state index contributed by atoms with van der Waals surface area (Å²) < 4.78 is 0. The van der Waals surface area contributed by atoms with E-state index in [-0.39, 0.29) is 11.8 Å². The molecule has 0 spiro atoms. The van der Waals surface area contributed by atoms with Gasteiger partial charge >= 0.3 is 0 Å². The van der Waals surface area contributed by atoms with Crippen LogP contribution in [0.25, 0.3) is 0 Å². The molecule has 0 saturated carbocycles. The van der Waals surface area contributed by atoms with Crippen LogP contribution in [0, 0.1) is 0 Å². The van der Waals surface area contributed by atoms with Crippen LogP contribution < -0.4 is 10.6 Å². The first kappa shape index (κ1) is 13.6. The van der Waals surface area contributed by atoms with Crippen LogP contribution in [0.3, 0.4) is 0 Å². The Morgan fingerprint density at radius 2 is 2.24 bits per heavy atom. The van der Waals surface area contributed by atoms with Gasteiger partial charge in [-0.15, -0.1) is 6.58 Å². The molecule has 3 N–H and O–H groups in total. The van der Waals surface area contributed by atoms with Crippen molar-refractivity contribution in [3.8, 4) is 5.75 Å². The highest BCUT2D eigenvalue weighted by molar-refractivity contribution is 5.53. The topological polar surface area (TPSA) is 49.5 Å². The van der Waals surface area contributed by atoms with E-state index in [2.05, 4.69) is 11.5 Å². The highest BCUT2D eigenvalue weighted by Gasteiger charge is 2.08. The van der Waals surface area contributed by atoms with Crippen LogP contribution >= 0.6 is 0 Å². The fraction of sp³-hybridized carbons (Fsp3) is 0.429. The number of rotatable bonds is 6. The number of benzene rings is 1. The minimum absolute atomic E-state index is 0.143. The van der Waals surface area contributed by atoms with E-state index >= 15 is 0 Å². The molecule has 94 valence electrons. The molecule has 1 unspecified atom stereocenters. The quantitative estimate of drug-likeness (QED) is 0.588. The van der Waals surface area contributed by atoms with E-state index < -0.39 is 0 Å². The SMILES string of the molecule is C=CCCCN(C)c1ccc(C(C)N)c(O)c1. The van der Waals surface area contributed by atoms with E-state index in [9.17, 15) is 5.11 Å². The average molecular weight is 234 g/mol. The first-order valence-corrected chi connectivity index (χ1v) is 5.96. The van der Waals surface area contributed by atoms with Gasteiger partial charge in [0.2, 0.25) is 0 Å². The molecular formula is C14H22N2O. The fourth-order valence-electron chi connectivity index (χ4n) is 1.76. The number of nitrogens with two attached hydrogens (primary N) is 1. The number of hydrogen-bond acceptors (Lipinski definition) is 3. The van der Waals surface area contributed by atoms with Gasteiger partial charge in [-0.1, -0.05) is 12.1 Å². The Morgan fingerprint density at radius 1 is 1.53 bits per heavy atom. The van der Waals surface area contributed by atoms with Crippen molar-refractivity contribution < 1.29 is 5.11 Å². The molecule has 17 heavy (non-hydrogen) atoms. The lowest BCUT2D eigenvalue weighted by atomic mass is 10.1. The molecule has 0 radical (unpaired) electrons. The van der Waals surface area contributed by atoms with Crippen LogP contribution in [0.2, 0.25) is 0 Å². The highest BCUT2D eigenvalue weighted by atomic mass is 16.3. The van der Waals surface area contributed by atoms with E-state index in [1.165, 1.54) is 0 Å². The van der Waals surface area contributed by atoms with Gasteiger partial charge in [0.25, 0.3) is 0 Å². The molecule has 1 aromatic carbocycles. The van der Waals surface area contributed by atoms with E-state index in [0.29, 0.717) is 0 Å². The van der Waals surface area contributed by atoms with E-state index in [1.54, 1.807) is 6.07 Å². The van der Waals surface area contributed by atoms with Crippen molar-refractivity contribution in [2.75, 3.05) is 18.5 Å². The van der Waals surface area contributed by atoms with Crippen LogP contribution in [0.15, 0.2) is 30.9 Å². The molecule has 1 atom stereocenters. The van der Waals surface area contributed by atoms with Crippen molar-refractivity contribution in [1.29, 1.82) is 0 Å². The number of phenols is 1. The third kappa shape index (κ3) is 3.79.